The molecule has 0 spiro atoms. The number of nitrogens with zero attached hydrogens (tertiary/aromatic N) is 1. The minimum Gasteiger partial charge on any atom is -0.465 e. The molecule has 1 atom stereocenters. The predicted molar refractivity (Wildman–Crippen MR) is 66.9 cm³/mol. The van der Waals surface area contributed by atoms with Crippen molar-refractivity contribution in [3.8, 4) is 0 Å². The second-order valence-corrected chi connectivity index (χ2v) is 4.37. The molecule has 0 aromatic heterocycles. The molecule has 0 aromatic rings. The zero-order valence-corrected chi connectivity index (χ0v) is 11.3. The molecule has 0 N–H and O–H groups in total. The molecular formula is C13H25NO3. The summed E-state index contributed by atoms with van der Waals surface area (Å²) in [7, 11) is 0. The van der Waals surface area contributed by atoms with Gasteiger partial charge in [0.15, 0.2) is 0 Å². The van der Waals surface area contributed by atoms with E-state index in [-0.39, 0.29) is 12.0 Å². The van der Waals surface area contributed by atoms with Crippen LogP contribution in [0.4, 0.5) is 0 Å². The molecule has 100 valence electrons. The maximum absolute atomic E-state index is 11.8. The van der Waals surface area contributed by atoms with Gasteiger partial charge in [0.25, 0.3) is 0 Å². The second kappa shape index (κ2) is 7.67. The maximum Gasteiger partial charge on any atom is 0.323 e. The van der Waals surface area contributed by atoms with E-state index in [4.69, 9.17) is 9.47 Å². The van der Waals surface area contributed by atoms with E-state index in [9.17, 15) is 4.79 Å². The van der Waals surface area contributed by atoms with Gasteiger partial charge < -0.3 is 9.47 Å². The highest BCUT2D eigenvalue weighted by molar-refractivity contribution is 5.75. The van der Waals surface area contributed by atoms with E-state index in [0.717, 1.165) is 39.0 Å². The molecule has 0 bridgehead atoms. The first kappa shape index (κ1) is 14.5. The number of hydrogen-bond donors (Lipinski definition) is 0. The Morgan fingerprint density at radius 2 is 1.88 bits per heavy atom. The summed E-state index contributed by atoms with van der Waals surface area (Å²) in [4.78, 5) is 14.0. The monoisotopic (exact) mass is 243 g/mol. The first-order valence-corrected chi connectivity index (χ1v) is 6.75. The van der Waals surface area contributed by atoms with Gasteiger partial charge in [0, 0.05) is 19.7 Å². The summed E-state index contributed by atoms with van der Waals surface area (Å²) in [6, 6.07) is -0.0717. The number of carbonyl (C=O) groups is 1. The Kier molecular flexibility index (Phi) is 6.52. The smallest absolute Gasteiger partial charge is 0.323 e. The maximum atomic E-state index is 11.8. The third kappa shape index (κ3) is 4.28. The molecule has 0 radical (unpaired) electrons. The summed E-state index contributed by atoms with van der Waals surface area (Å²) in [5.74, 6) is -0.0788. The highest BCUT2D eigenvalue weighted by Crippen LogP contribution is 2.18. The van der Waals surface area contributed by atoms with Crippen molar-refractivity contribution in [2.45, 2.75) is 52.2 Å². The van der Waals surface area contributed by atoms with Crippen molar-refractivity contribution < 1.29 is 14.3 Å². The molecule has 1 saturated heterocycles. The lowest BCUT2D eigenvalue weighted by atomic mass is 10.0. The third-order valence-electron chi connectivity index (χ3n) is 3.27. The van der Waals surface area contributed by atoms with Crippen LogP contribution in [0.25, 0.3) is 0 Å². The number of carbonyl (C=O) groups excluding carboxylic acids is 1. The first-order valence-electron chi connectivity index (χ1n) is 6.75. The van der Waals surface area contributed by atoms with Gasteiger partial charge in [0.2, 0.25) is 0 Å². The van der Waals surface area contributed by atoms with Gasteiger partial charge in [0.1, 0.15) is 6.04 Å². The van der Waals surface area contributed by atoms with Gasteiger partial charge >= 0.3 is 5.97 Å². The van der Waals surface area contributed by atoms with E-state index >= 15 is 0 Å². The lowest BCUT2D eigenvalue weighted by molar-refractivity contribution is -0.150. The topological polar surface area (TPSA) is 38.8 Å². The fourth-order valence-corrected chi connectivity index (χ4v) is 2.40. The molecule has 1 rings (SSSR count). The van der Waals surface area contributed by atoms with Crippen molar-refractivity contribution in [3.63, 3.8) is 0 Å². The van der Waals surface area contributed by atoms with E-state index in [1.54, 1.807) is 0 Å². The molecule has 1 aliphatic rings. The SMILES string of the molecule is CCOC(=O)C(CC)N1CCC(OCC)CC1. The molecule has 0 amide bonds. The molecule has 17 heavy (non-hydrogen) atoms. The Labute approximate surface area is 104 Å². The Morgan fingerprint density at radius 1 is 1.24 bits per heavy atom. The fourth-order valence-electron chi connectivity index (χ4n) is 2.40. The average Bonchev–Trinajstić information content (AvgIpc) is 2.33. The molecule has 1 fully saturated rings. The van der Waals surface area contributed by atoms with Crippen LogP contribution < -0.4 is 0 Å². The summed E-state index contributed by atoms with van der Waals surface area (Å²) in [6.45, 7) is 9.02. The molecule has 0 aromatic carbocycles. The number of likely N-dealkylation sites (tertiary alicyclic amines) is 1. The van der Waals surface area contributed by atoms with Gasteiger partial charge in [0.05, 0.1) is 12.7 Å². The molecule has 0 saturated carbocycles. The van der Waals surface area contributed by atoms with Gasteiger partial charge in [-0.2, -0.15) is 0 Å². The zero-order valence-electron chi connectivity index (χ0n) is 11.3. The Hall–Kier alpha value is -0.610. The van der Waals surface area contributed by atoms with Gasteiger partial charge in [-0.1, -0.05) is 6.92 Å². The third-order valence-corrected chi connectivity index (χ3v) is 3.27. The fraction of sp³-hybridized carbons (Fsp3) is 0.923. The van der Waals surface area contributed by atoms with E-state index in [1.165, 1.54) is 0 Å². The standard InChI is InChI=1S/C13H25NO3/c1-4-12(13(15)17-6-3)14-9-7-11(8-10-14)16-5-2/h11-12H,4-10H2,1-3H3. The molecular weight excluding hydrogens is 218 g/mol. The van der Waals surface area contributed by atoms with Crippen LogP contribution >= 0.6 is 0 Å². The minimum atomic E-state index is -0.0788. The van der Waals surface area contributed by atoms with Crippen LogP contribution in [-0.4, -0.2) is 49.3 Å². The predicted octanol–water partition coefficient (Wildman–Crippen LogP) is 1.83. The van der Waals surface area contributed by atoms with Crippen LogP contribution in [0.3, 0.4) is 0 Å². The van der Waals surface area contributed by atoms with Crippen LogP contribution in [0.2, 0.25) is 0 Å². The lowest BCUT2D eigenvalue weighted by Crippen LogP contribution is -2.47. The molecule has 4 heteroatoms. The van der Waals surface area contributed by atoms with E-state index in [0.29, 0.717) is 12.7 Å². The van der Waals surface area contributed by atoms with Crippen LogP contribution in [-0.2, 0) is 14.3 Å². The normalized spacial score (nSPS) is 20.2. The second-order valence-electron chi connectivity index (χ2n) is 4.37. The lowest BCUT2D eigenvalue weighted by Gasteiger charge is -2.35. The van der Waals surface area contributed by atoms with Gasteiger partial charge in [-0.3, -0.25) is 9.69 Å². The van der Waals surface area contributed by atoms with Crippen LogP contribution in [0.1, 0.15) is 40.0 Å². The Bertz CT molecular complexity index is 225. The largest absolute Gasteiger partial charge is 0.465 e. The Balaban J connectivity index is 2.42. The number of piperidine rings is 1. The summed E-state index contributed by atoms with van der Waals surface area (Å²) >= 11 is 0. The molecule has 4 nitrogen and oxygen atoms in total. The minimum absolute atomic E-state index is 0.0717. The summed E-state index contributed by atoms with van der Waals surface area (Å²) in [5.41, 5.74) is 0. The molecule has 1 unspecified atom stereocenters. The molecule has 0 aliphatic carbocycles. The van der Waals surface area contributed by atoms with Crippen LogP contribution in [0.5, 0.6) is 0 Å². The number of hydrogen-bond acceptors (Lipinski definition) is 4. The number of esters is 1. The highest BCUT2D eigenvalue weighted by Gasteiger charge is 2.29. The van der Waals surface area contributed by atoms with Crippen molar-refractivity contribution in [1.29, 1.82) is 0 Å². The van der Waals surface area contributed by atoms with E-state index in [2.05, 4.69) is 4.90 Å². The van der Waals surface area contributed by atoms with E-state index < -0.39 is 0 Å². The van der Waals surface area contributed by atoms with Crippen molar-refractivity contribution in [1.82, 2.24) is 4.90 Å². The Morgan fingerprint density at radius 3 is 2.35 bits per heavy atom. The number of rotatable bonds is 6. The first-order chi connectivity index (χ1) is 8.22. The van der Waals surface area contributed by atoms with Crippen LogP contribution in [0.15, 0.2) is 0 Å². The number of ether oxygens (including phenoxy) is 2. The van der Waals surface area contributed by atoms with Crippen molar-refractivity contribution in [2.24, 2.45) is 0 Å². The van der Waals surface area contributed by atoms with E-state index in [1.807, 2.05) is 20.8 Å². The van der Waals surface area contributed by atoms with Crippen LogP contribution in [0, 0.1) is 0 Å². The summed E-state index contributed by atoms with van der Waals surface area (Å²) in [5, 5.41) is 0. The van der Waals surface area contributed by atoms with Gasteiger partial charge in [-0.15, -0.1) is 0 Å². The van der Waals surface area contributed by atoms with Crippen molar-refractivity contribution in [3.05, 3.63) is 0 Å². The molecule has 1 heterocycles. The van der Waals surface area contributed by atoms with Crippen molar-refractivity contribution in [2.75, 3.05) is 26.3 Å². The molecule has 1 aliphatic heterocycles. The summed E-state index contributed by atoms with van der Waals surface area (Å²) < 4.78 is 10.7. The van der Waals surface area contributed by atoms with Crippen molar-refractivity contribution >= 4 is 5.97 Å². The average molecular weight is 243 g/mol. The highest BCUT2D eigenvalue weighted by atomic mass is 16.5. The quantitative estimate of drug-likeness (QED) is 0.667. The summed E-state index contributed by atoms with van der Waals surface area (Å²) in [6.07, 6.45) is 3.22. The van der Waals surface area contributed by atoms with Gasteiger partial charge in [-0.25, -0.2) is 0 Å². The van der Waals surface area contributed by atoms with Gasteiger partial charge in [-0.05, 0) is 33.1 Å². The zero-order chi connectivity index (χ0) is 12.7.